The molecule has 0 aliphatic heterocycles. The molecule has 0 rings (SSSR count). The van der Waals surface area contributed by atoms with Crippen LogP contribution in [0.4, 0.5) is 0 Å². The summed E-state index contributed by atoms with van der Waals surface area (Å²) >= 11 is 0. The first-order valence-corrected chi connectivity index (χ1v) is 4.77. The lowest BCUT2D eigenvalue weighted by molar-refractivity contribution is -0.146. The summed E-state index contributed by atoms with van der Waals surface area (Å²) in [6, 6.07) is 0. The summed E-state index contributed by atoms with van der Waals surface area (Å²) in [6.45, 7) is 5.31. The second kappa shape index (κ2) is 5.73. The molecule has 0 fully saturated rings. The van der Waals surface area contributed by atoms with Gasteiger partial charge in [0.15, 0.2) is 0 Å². The van der Waals surface area contributed by atoms with E-state index < -0.39 is 11.9 Å². The molecule has 0 saturated heterocycles. The first-order chi connectivity index (χ1) is 6.00. The number of carbonyl (C=O) groups excluding carboxylic acids is 1. The van der Waals surface area contributed by atoms with Gasteiger partial charge in [-0.05, 0) is 13.3 Å². The Balaban J connectivity index is 4.01. The van der Waals surface area contributed by atoms with E-state index in [0.29, 0.717) is 0 Å². The molecular formula is C10H18O3. The van der Waals surface area contributed by atoms with Gasteiger partial charge in [0.25, 0.3) is 0 Å². The van der Waals surface area contributed by atoms with Crippen molar-refractivity contribution in [3.8, 4) is 0 Å². The number of hydrogen-bond donors (Lipinski definition) is 1. The first kappa shape index (κ1) is 12.1. The normalized spacial score (nSPS) is 15.0. The van der Waals surface area contributed by atoms with Crippen LogP contribution in [-0.4, -0.2) is 16.9 Å². The molecule has 0 amide bonds. The number of unbranched alkanes of at least 4 members (excludes halogenated alkanes) is 1. The molecule has 0 saturated carbocycles. The van der Waals surface area contributed by atoms with E-state index in [1.54, 1.807) is 6.92 Å². The van der Waals surface area contributed by atoms with Crippen molar-refractivity contribution in [3.05, 3.63) is 0 Å². The van der Waals surface area contributed by atoms with E-state index in [2.05, 4.69) is 6.92 Å². The van der Waals surface area contributed by atoms with Crippen molar-refractivity contribution in [2.24, 2.45) is 11.8 Å². The Bertz CT molecular complexity index is 187. The van der Waals surface area contributed by atoms with Crippen LogP contribution in [0.5, 0.6) is 0 Å². The van der Waals surface area contributed by atoms with Crippen LogP contribution in [0.25, 0.3) is 0 Å². The monoisotopic (exact) mass is 186 g/mol. The summed E-state index contributed by atoms with van der Waals surface area (Å²) in [6.07, 6.45) is 2.82. The Morgan fingerprint density at radius 2 is 1.85 bits per heavy atom. The van der Waals surface area contributed by atoms with Gasteiger partial charge < -0.3 is 5.11 Å². The van der Waals surface area contributed by atoms with Gasteiger partial charge in [0, 0.05) is 5.92 Å². The van der Waals surface area contributed by atoms with Crippen LogP contribution in [-0.2, 0) is 9.59 Å². The molecular weight excluding hydrogens is 168 g/mol. The van der Waals surface area contributed by atoms with Crippen LogP contribution >= 0.6 is 0 Å². The van der Waals surface area contributed by atoms with Gasteiger partial charge in [-0.3, -0.25) is 9.59 Å². The molecule has 0 aliphatic carbocycles. The summed E-state index contributed by atoms with van der Waals surface area (Å²) in [7, 11) is 0. The maximum atomic E-state index is 11.4. The molecule has 1 N–H and O–H groups in total. The van der Waals surface area contributed by atoms with E-state index >= 15 is 0 Å². The van der Waals surface area contributed by atoms with Crippen molar-refractivity contribution in [1.29, 1.82) is 0 Å². The average Bonchev–Trinajstić information content (AvgIpc) is 2.11. The highest BCUT2D eigenvalue weighted by atomic mass is 16.4. The molecule has 0 aromatic carbocycles. The van der Waals surface area contributed by atoms with Crippen molar-refractivity contribution in [3.63, 3.8) is 0 Å². The summed E-state index contributed by atoms with van der Waals surface area (Å²) in [5.74, 6) is -2.15. The van der Waals surface area contributed by atoms with Crippen LogP contribution in [0, 0.1) is 11.8 Å². The van der Waals surface area contributed by atoms with Gasteiger partial charge in [-0.25, -0.2) is 0 Å². The number of hydrogen-bond acceptors (Lipinski definition) is 2. The highest BCUT2D eigenvalue weighted by molar-refractivity contribution is 5.98. The fourth-order valence-corrected chi connectivity index (χ4v) is 1.20. The lowest BCUT2D eigenvalue weighted by atomic mass is 9.91. The largest absolute Gasteiger partial charge is 0.481 e. The van der Waals surface area contributed by atoms with Crippen molar-refractivity contribution in [1.82, 2.24) is 0 Å². The minimum atomic E-state index is -1.02. The molecule has 76 valence electrons. The molecule has 0 aliphatic rings. The van der Waals surface area contributed by atoms with Gasteiger partial charge >= 0.3 is 5.97 Å². The molecule has 0 radical (unpaired) electrons. The van der Waals surface area contributed by atoms with E-state index in [1.807, 2.05) is 0 Å². The van der Waals surface area contributed by atoms with Crippen molar-refractivity contribution in [2.75, 3.05) is 0 Å². The van der Waals surface area contributed by atoms with E-state index in [-0.39, 0.29) is 11.7 Å². The average molecular weight is 186 g/mol. The Morgan fingerprint density at radius 3 is 2.23 bits per heavy atom. The van der Waals surface area contributed by atoms with Crippen LogP contribution in [0.15, 0.2) is 0 Å². The third-order valence-corrected chi connectivity index (χ3v) is 2.27. The topological polar surface area (TPSA) is 54.4 Å². The summed E-state index contributed by atoms with van der Waals surface area (Å²) < 4.78 is 0. The maximum Gasteiger partial charge on any atom is 0.313 e. The zero-order valence-corrected chi connectivity index (χ0v) is 8.54. The molecule has 0 aromatic rings. The predicted octanol–water partition coefficient (Wildman–Crippen LogP) is 2.10. The quantitative estimate of drug-likeness (QED) is 0.646. The summed E-state index contributed by atoms with van der Waals surface area (Å²) in [5.41, 5.74) is 0. The minimum Gasteiger partial charge on any atom is -0.481 e. The Labute approximate surface area is 79.1 Å². The molecule has 0 spiro atoms. The van der Waals surface area contributed by atoms with E-state index in [9.17, 15) is 9.59 Å². The number of rotatable bonds is 6. The number of ketones is 1. The molecule has 13 heavy (non-hydrogen) atoms. The van der Waals surface area contributed by atoms with Gasteiger partial charge in [0.2, 0.25) is 0 Å². The lowest BCUT2D eigenvalue weighted by Gasteiger charge is -2.12. The van der Waals surface area contributed by atoms with Gasteiger partial charge in [0.05, 0.1) is 0 Å². The van der Waals surface area contributed by atoms with Crippen LogP contribution in [0.1, 0.15) is 40.0 Å². The fourth-order valence-electron chi connectivity index (χ4n) is 1.20. The molecule has 3 nitrogen and oxygen atoms in total. The van der Waals surface area contributed by atoms with Crippen molar-refractivity contribution < 1.29 is 14.7 Å². The number of carboxylic acids is 1. The minimum absolute atomic E-state index is 0.119. The fraction of sp³-hybridized carbons (Fsp3) is 0.800. The molecule has 3 heteroatoms. The molecule has 2 atom stereocenters. The third kappa shape index (κ3) is 4.06. The van der Waals surface area contributed by atoms with E-state index in [1.165, 1.54) is 6.92 Å². The van der Waals surface area contributed by atoms with Crippen LogP contribution in [0.2, 0.25) is 0 Å². The van der Waals surface area contributed by atoms with E-state index in [0.717, 1.165) is 19.3 Å². The Kier molecular flexibility index (Phi) is 5.35. The lowest BCUT2D eigenvalue weighted by Crippen LogP contribution is -2.25. The Hall–Kier alpha value is -0.860. The zero-order valence-electron chi connectivity index (χ0n) is 8.54. The van der Waals surface area contributed by atoms with Gasteiger partial charge in [0.1, 0.15) is 11.7 Å². The second-order valence-corrected chi connectivity index (χ2v) is 3.51. The number of aliphatic carboxylic acids is 1. The molecule has 2 unspecified atom stereocenters. The standard InChI is InChI=1S/C10H18O3/c1-4-5-6-7(2)9(11)8(3)10(12)13/h7-8H,4-6H2,1-3H3,(H,12,13). The summed E-state index contributed by atoms with van der Waals surface area (Å²) in [4.78, 5) is 21.9. The van der Waals surface area contributed by atoms with E-state index in [4.69, 9.17) is 5.11 Å². The molecule has 0 bridgehead atoms. The second-order valence-electron chi connectivity index (χ2n) is 3.51. The van der Waals surface area contributed by atoms with Crippen molar-refractivity contribution >= 4 is 11.8 Å². The first-order valence-electron chi connectivity index (χ1n) is 4.77. The van der Waals surface area contributed by atoms with Gasteiger partial charge in [-0.2, -0.15) is 0 Å². The smallest absolute Gasteiger partial charge is 0.313 e. The molecule has 0 aromatic heterocycles. The highest BCUT2D eigenvalue weighted by Gasteiger charge is 2.24. The predicted molar refractivity (Wildman–Crippen MR) is 50.5 cm³/mol. The third-order valence-electron chi connectivity index (χ3n) is 2.27. The van der Waals surface area contributed by atoms with Gasteiger partial charge in [-0.1, -0.05) is 26.7 Å². The SMILES string of the molecule is CCCCC(C)C(=O)C(C)C(=O)O. The Morgan fingerprint density at radius 1 is 1.31 bits per heavy atom. The molecule has 0 heterocycles. The number of Topliss-reactive ketones (excluding diaryl/α,β-unsaturated/α-hetero) is 1. The zero-order chi connectivity index (χ0) is 10.4. The summed E-state index contributed by atoms with van der Waals surface area (Å²) in [5, 5.41) is 8.61. The van der Waals surface area contributed by atoms with Crippen molar-refractivity contribution in [2.45, 2.75) is 40.0 Å². The van der Waals surface area contributed by atoms with Gasteiger partial charge in [-0.15, -0.1) is 0 Å². The number of carbonyl (C=O) groups is 2. The van der Waals surface area contributed by atoms with Crippen LogP contribution in [0.3, 0.4) is 0 Å². The maximum absolute atomic E-state index is 11.4. The number of carboxylic acid groups (broad SMARTS) is 1. The highest BCUT2D eigenvalue weighted by Crippen LogP contribution is 2.13. The van der Waals surface area contributed by atoms with Crippen LogP contribution < -0.4 is 0 Å².